The molecule has 0 saturated carbocycles. The van der Waals surface area contributed by atoms with Crippen molar-refractivity contribution < 1.29 is 8.78 Å². The largest absolute Gasteiger partial charge is 0.207 e. The van der Waals surface area contributed by atoms with Gasteiger partial charge in [0.05, 0.1) is 5.38 Å². The molecule has 0 N–H and O–H groups in total. The van der Waals surface area contributed by atoms with E-state index in [1.807, 2.05) is 19.1 Å². The van der Waals surface area contributed by atoms with Crippen molar-refractivity contribution in [1.82, 2.24) is 0 Å². The minimum Gasteiger partial charge on any atom is -0.207 e. The van der Waals surface area contributed by atoms with Crippen molar-refractivity contribution in [2.24, 2.45) is 0 Å². The van der Waals surface area contributed by atoms with Crippen LogP contribution >= 0.6 is 22.9 Å². The van der Waals surface area contributed by atoms with E-state index in [0.717, 1.165) is 15.8 Å². The predicted octanol–water partition coefficient (Wildman–Crippen LogP) is 4.66. The number of hydrogen-bond acceptors (Lipinski definition) is 1. The first-order valence-electron chi connectivity index (χ1n) is 4.72. The van der Waals surface area contributed by atoms with Crippen LogP contribution in [0.25, 0.3) is 0 Å². The van der Waals surface area contributed by atoms with Crippen LogP contribution in [0.1, 0.15) is 20.7 Å². The summed E-state index contributed by atoms with van der Waals surface area (Å²) in [5, 5.41) is -0.496. The van der Waals surface area contributed by atoms with Gasteiger partial charge in [0.15, 0.2) is 0 Å². The minimum absolute atomic E-state index is 0.445. The molecule has 0 aliphatic rings. The van der Waals surface area contributed by atoms with Crippen LogP contribution in [0.15, 0.2) is 30.3 Å². The Morgan fingerprint density at radius 2 is 1.75 bits per heavy atom. The molecule has 0 aliphatic heterocycles. The van der Waals surface area contributed by atoms with Crippen LogP contribution in [0.3, 0.4) is 0 Å². The summed E-state index contributed by atoms with van der Waals surface area (Å²) in [7, 11) is 0. The van der Waals surface area contributed by atoms with Gasteiger partial charge in [0, 0.05) is 15.8 Å². The molecule has 0 radical (unpaired) electrons. The quantitative estimate of drug-likeness (QED) is 0.687. The van der Waals surface area contributed by atoms with Gasteiger partial charge in [0.1, 0.15) is 11.6 Å². The first kappa shape index (κ1) is 11.6. The maximum Gasteiger partial charge on any atom is 0.126 e. The molecule has 0 nitrogen and oxygen atoms in total. The monoisotopic (exact) mass is 258 g/mol. The molecular formula is C12H9ClF2S. The number of benzene rings is 1. The Hall–Kier alpha value is -0.930. The van der Waals surface area contributed by atoms with Crippen LogP contribution in [0, 0.1) is 18.6 Å². The minimum atomic E-state index is -0.603. The maximum absolute atomic E-state index is 13.0. The van der Waals surface area contributed by atoms with E-state index in [-0.39, 0.29) is 0 Å². The second-order valence-corrected chi connectivity index (χ2v) is 5.27. The molecule has 16 heavy (non-hydrogen) atoms. The third-order valence-corrected chi connectivity index (χ3v) is 3.87. The van der Waals surface area contributed by atoms with Gasteiger partial charge in [-0.3, -0.25) is 0 Å². The van der Waals surface area contributed by atoms with E-state index in [0.29, 0.717) is 5.56 Å². The summed E-state index contributed by atoms with van der Waals surface area (Å²) < 4.78 is 26.0. The summed E-state index contributed by atoms with van der Waals surface area (Å²) in [6, 6.07) is 7.17. The van der Waals surface area contributed by atoms with Crippen LogP contribution in [-0.2, 0) is 0 Å². The fraction of sp³-hybridized carbons (Fsp3) is 0.167. The molecule has 84 valence electrons. The first-order valence-corrected chi connectivity index (χ1v) is 5.98. The second kappa shape index (κ2) is 4.52. The SMILES string of the molecule is Cc1ccc(C(Cl)c2cc(F)cc(F)c2)s1. The molecule has 1 heterocycles. The molecule has 1 unspecified atom stereocenters. The lowest BCUT2D eigenvalue weighted by molar-refractivity contribution is 0.580. The average Bonchev–Trinajstić information content (AvgIpc) is 2.62. The van der Waals surface area contributed by atoms with E-state index in [1.165, 1.54) is 23.5 Å². The molecule has 2 aromatic rings. The Morgan fingerprint density at radius 3 is 2.25 bits per heavy atom. The molecule has 0 aliphatic carbocycles. The molecule has 0 bridgehead atoms. The molecule has 0 spiro atoms. The van der Waals surface area contributed by atoms with Gasteiger partial charge < -0.3 is 0 Å². The topological polar surface area (TPSA) is 0 Å². The number of aryl methyl sites for hydroxylation is 1. The van der Waals surface area contributed by atoms with E-state index in [1.54, 1.807) is 0 Å². The Bertz CT molecular complexity index is 487. The maximum atomic E-state index is 13.0. The van der Waals surface area contributed by atoms with Gasteiger partial charge >= 0.3 is 0 Å². The number of rotatable bonds is 2. The molecule has 4 heteroatoms. The molecule has 0 amide bonds. The van der Waals surface area contributed by atoms with E-state index in [4.69, 9.17) is 11.6 Å². The molecular weight excluding hydrogens is 250 g/mol. The van der Waals surface area contributed by atoms with Crippen molar-refractivity contribution >= 4 is 22.9 Å². The summed E-state index contributed by atoms with van der Waals surface area (Å²) >= 11 is 7.69. The summed E-state index contributed by atoms with van der Waals surface area (Å²) in [5.74, 6) is -1.21. The van der Waals surface area contributed by atoms with Gasteiger partial charge in [-0.05, 0) is 36.8 Å². The predicted molar refractivity (Wildman–Crippen MR) is 63.1 cm³/mol. The van der Waals surface area contributed by atoms with Crippen LogP contribution in [0.2, 0.25) is 0 Å². The summed E-state index contributed by atoms with van der Waals surface area (Å²) in [6.45, 7) is 1.96. The lowest BCUT2D eigenvalue weighted by Crippen LogP contribution is -1.93. The Morgan fingerprint density at radius 1 is 1.12 bits per heavy atom. The first-order chi connectivity index (χ1) is 7.56. The van der Waals surface area contributed by atoms with Crippen molar-refractivity contribution in [3.63, 3.8) is 0 Å². The van der Waals surface area contributed by atoms with Crippen molar-refractivity contribution in [2.45, 2.75) is 12.3 Å². The highest BCUT2D eigenvalue weighted by Gasteiger charge is 2.14. The zero-order valence-corrected chi connectivity index (χ0v) is 10.1. The molecule has 1 atom stereocenters. The van der Waals surface area contributed by atoms with Crippen LogP contribution in [0.4, 0.5) is 8.78 Å². The van der Waals surface area contributed by atoms with Gasteiger partial charge in [-0.25, -0.2) is 8.78 Å². The third kappa shape index (κ3) is 2.42. The highest BCUT2D eigenvalue weighted by atomic mass is 35.5. The van der Waals surface area contributed by atoms with E-state index < -0.39 is 17.0 Å². The summed E-state index contributed by atoms with van der Waals surface area (Å²) in [4.78, 5) is 2.02. The van der Waals surface area contributed by atoms with Crippen molar-refractivity contribution in [2.75, 3.05) is 0 Å². The Labute approximate surface area is 101 Å². The summed E-state index contributed by atoms with van der Waals surface area (Å²) in [5.41, 5.74) is 0.445. The zero-order chi connectivity index (χ0) is 11.7. The zero-order valence-electron chi connectivity index (χ0n) is 8.51. The van der Waals surface area contributed by atoms with Crippen LogP contribution in [-0.4, -0.2) is 0 Å². The fourth-order valence-electron chi connectivity index (χ4n) is 1.48. The highest BCUT2D eigenvalue weighted by molar-refractivity contribution is 7.12. The van der Waals surface area contributed by atoms with Gasteiger partial charge in [0.25, 0.3) is 0 Å². The molecule has 0 fully saturated rings. The van der Waals surface area contributed by atoms with Gasteiger partial charge in [-0.1, -0.05) is 0 Å². The van der Waals surface area contributed by atoms with E-state index in [2.05, 4.69) is 0 Å². The third-order valence-electron chi connectivity index (χ3n) is 2.19. The van der Waals surface area contributed by atoms with Crippen molar-refractivity contribution in [3.05, 3.63) is 57.3 Å². The standard InChI is InChI=1S/C12H9ClF2S/c1-7-2-3-11(16-7)12(13)8-4-9(14)6-10(15)5-8/h2-6,12H,1H3. The van der Waals surface area contributed by atoms with Gasteiger partial charge in [0.2, 0.25) is 0 Å². The van der Waals surface area contributed by atoms with Crippen LogP contribution in [0.5, 0.6) is 0 Å². The van der Waals surface area contributed by atoms with Crippen LogP contribution < -0.4 is 0 Å². The molecule has 1 aromatic heterocycles. The average molecular weight is 259 g/mol. The van der Waals surface area contributed by atoms with E-state index in [9.17, 15) is 8.78 Å². The van der Waals surface area contributed by atoms with Crippen molar-refractivity contribution in [3.8, 4) is 0 Å². The highest BCUT2D eigenvalue weighted by Crippen LogP contribution is 2.34. The van der Waals surface area contributed by atoms with E-state index >= 15 is 0 Å². The normalized spacial score (nSPS) is 12.8. The number of alkyl halides is 1. The number of thiophene rings is 1. The Kier molecular flexibility index (Phi) is 3.26. The molecule has 2 rings (SSSR count). The number of halogens is 3. The second-order valence-electron chi connectivity index (χ2n) is 3.51. The fourth-order valence-corrected chi connectivity index (χ4v) is 2.69. The lowest BCUT2D eigenvalue weighted by atomic mass is 10.1. The lowest BCUT2D eigenvalue weighted by Gasteiger charge is -2.07. The molecule has 0 saturated heterocycles. The van der Waals surface area contributed by atoms with Crippen molar-refractivity contribution in [1.29, 1.82) is 0 Å². The van der Waals surface area contributed by atoms with Gasteiger partial charge in [-0.2, -0.15) is 0 Å². The summed E-state index contributed by atoms with van der Waals surface area (Å²) in [6.07, 6.45) is 0. The number of hydrogen-bond donors (Lipinski definition) is 0. The molecule has 1 aromatic carbocycles. The smallest absolute Gasteiger partial charge is 0.126 e. The Balaban J connectivity index is 2.37. The van der Waals surface area contributed by atoms with Gasteiger partial charge in [-0.15, -0.1) is 22.9 Å².